The molecule has 1 aromatic heterocycles. The van der Waals surface area contributed by atoms with Gasteiger partial charge in [0.15, 0.2) is 6.54 Å². The van der Waals surface area contributed by atoms with Gasteiger partial charge in [-0.05, 0) is 18.2 Å². The number of pyridine rings is 1. The van der Waals surface area contributed by atoms with Crippen molar-refractivity contribution >= 4 is 50.7 Å². The van der Waals surface area contributed by atoms with Gasteiger partial charge in [-0.1, -0.05) is 51.3 Å². The highest BCUT2D eigenvalue weighted by atomic mass is 79.9. The van der Waals surface area contributed by atoms with Crippen molar-refractivity contribution in [2.24, 2.45) is 0 Å². The van der Waals surface area contributed by atoms with Crippen LogP contribution >= 0.6 is 39.1 Å². The van der Waals surface area contributed by atoms with Crippen LogP contribution in [0, 0.1) is 0 Å². The van der Waals surface area contributed by atoms with Gasteiger partial charge in [-0.25, -0.2) is 4.57 Å². The predicted molar refractivity (Wildman–Crippen MR) is 79.5 cm³/mol. The number of carbonyl (C=O) groups is 1. The first-order chi connectivity index (χ1) is 8.97. The van der Waals surface area contributed by atoms with Crippen LogP contribution in [0.1, 0.15) is 10.4 Å². The number of benzene rings is 1. The van der Waals surface area contributed by atoms with Gasteiger partial charge in [0.1, 0.15) is 11.2 Å². The molecule has 3 nitrogen and oxygen atoms in total. The molecule has 98 valence electrons. The second-order valence-corrected chi connectivity index (χ2v) is 5.71. The molecule has 0 bridgehead atoms. The summed E-state index contributed by atoms with van der Waals surface area (Å²) in [7, 11) is 0. The molecule has 0 aliphatic rings. The molecule has 0 aliphatic heterocycles. The van der Waals surface area contributed by atoms with E-state index < -0.39 is 0 Å². The van der Waals surface area contributed by atoms with Crippen molar-refractivity contribution in [1.82, 2.24) is 0 Å². The summed E-state index contributed by atoms with van der Waals surface area (Å²) >= 11 is 15.1. The van der Waals surface area contributed by atoms with E-state index >= 15 is 0 Å². The molecule has 0 aliphatic carbocycles. The summed E-state index contributed by atoms with van der Waals surface area (Å²) in [6.45, 7) is 0.0910. The number of rotatable bonds is 3. The van der Waals surface area contributed by atoms with Crippen molar-refractivity contribution in [3.8, 4) is 0 Å². The molecule has 2 aromatic rings. The molecule has 0 unspecified atom stereocenters. The summed E-state index contributed by atoms with van der Waals surface area (Å²) in [5, 5.41) is 0.763. The van der Waals surface area contributed by atoms with Gasteiger partial charge in [0.2, 0.25) is 5.78 Å². The second-order valence-electron chi connectivity index (χ2n) is 3.95. The number of anilines is 1. The smallest absolute Gasteiger partial charge is 0.290 e. The first kappa shape index (κ1) is 14.3. The number of halogens is 3. The second kappa shape index (κ2) is 5.90. The van der Waals surface area contributed by atoms with E-state index in [1.54, 1.807) is 24.4 Å². The van der Waals surface area contributed by atoms with Crippen LogP contribution in [-0.2, 0) is 6.54 Å². The molecule has 0 spiro atoms. The highest BCUT2D eigenvalue weighted by molar-refractivity contribution is 9.10. The Morgan fingerprint density at radius 1 is 1.26 bits per heavy atom. The molecular formula is C13H10BrCl2N2O+. The highest BCUT2D eigenvalue weighted by Gasteiger charge is 2.16. The molecular weight excluding hydrogens is 351 g/mol. The topological polar surface area (TPSA) is 47.0 Å². The molecule has 0 amide bonds. The van der Waals surface area contributed by atoms with E-state index in [0.29, 0.717) is 21.4 Å². The highest BCUT2D eigenvalue weighted by Crippen LogP contribution is 2.19. The first-order valence-corrected chi connectivity index (χ1v) is 6.95. The maximum absolute atomic E-state index is 12.1. The van der Waals surface area contributed by atoms with Gasteiger partial charge >= 0.3 is 0 Å². The van der Waals surface area contributed by atoms with Crippen molar-refractivity contribution in [3.05, 3.63) is 56.6 Å². The largest absolute Gasteiger partial charge is 0.291 e. The van der Waals surface area contributed by atoms with Crippen LogP contribution in [0.4, 0.5) is 5.82 Å². The zero-order valence-corrected chi connectivity index (χ0v) is 12.8. The molecule has 19 heavy (non-hydrogen) atoms. The van der Waals surface area contributed by atoms with Gasteiger partial charge in [0.05, 0.1) is 5.02 Å². The Balaban J connectivity index is 2.26. The molecule has 0 saturated heterocycles. The minimum atomic E-state index is -0.0671. The molecule has 0 fully saturated rings. The number of Topliss-reactive ketones (excluding diaryl/α,β-unsaturated/α-hetero) is 1. The van der Waals surface area contributed by atoms with E-state index in [-0.39, 0.29) is 12.3 Å². The van der Waals surface area contributed by atoms with Crippen molar-refractivity contribution < 1.29 is 9.36 Å². The van der Waals surface area contributed by atoms with E-state index in [1.807, 2.05) is 12.1 Å². The fraction of sp³-hybridized carbons (Fsp3) is 0.0769. The Bertz CT molecular complexity index is 629. The maximum atomic E-state index is 12.1. The van der Waals surface area contributed by atoms with Crippen LogP contribution in [0.15, 0.2) is 41.0 Å². The average molecular weight is 361 g/mol. The lowest BCUT2D eigenvalue weighted by Gasteiger charge is -2.05. The number of nitrogen functional groups attached to an aromatic ring is 1. The zero-order valence-electron chi connectivity index (χ0n) is 9.74. The van der Waals surface area contributed by atoms with Gasteiger partial charge in [0.25, 0.3) is 5.82 Å². The molecule has 6 heteroatoms. The van der Waals surface area contributed by atoms with E-state index in [2.05, 4.69) is 15.9 Å². The number of aromatic nitrogens is 1. The fourth-order valence-corrected chi connectivity index (χ4v) is 2.37. The van der Waals surface area contributed by atoms with Gasteiger partial charge in [-0.3, -0.25) is 10.5 Å². The summed E-state index contributed by atoms with van der Waals surface area (Å²) in [4.78, 5) is 12.1. The van der Waals surface area contributed by atoms with Gasteiger partial charge in [0, 0.05) is 10.0 Å². The quantitative estimate of drug-likeness (QED) is 0.672. The SMILES string of the molecule is Nc1c(Cl)cc(Cl)c[n+]1CC(=O)c1ccc(Br)cc1. The number of nitrogens with zero attached hydrogens (tertiary/aromatic N) is 1. The summed E-state index contributed by atoms with van der Waals surface area (Å²) in [5.74, 6) is 0.249. The molecule has 2 rings (SSSR count). The van der Waals surface area contributed by atoms with Gasteiger partial charge in [-0.15, -0.1) is 0 Å². The van der Waals surface area contributed by atoms with Crippen LogP contribution in [0.3, 0.4) is 0 Å². The average Bonchev–Trinajstić information content (AvgIpc) is 2.36. The molecule has 1 aromatic carbocycles. The van der Waals surface area contributed by atoms with Crippen molar-refractivity contribution in [2.75, 3.05) is 5.73 Å². The Morgan fingerprint density at radius 3 is 2.53 bits per heavy atom. The number of hydrogen-bond acceptors (Lipinski definition) is 2. The number of nitrogens with two attached hydrogens (primary N) is 1. The minimum absolute atomic E-state index is 0.0671. The Labute approximate surface area is 129 Å². The Kier molecular flexibility index (Phi) is 4.45. The normalized spacial score (nSPS) is 10.5. The van der Waals surface area contributed by atoms with E-state index in [0.717, 1.165) is 4.47 Å². The minimum Gasteiger partial charge on any atom is -0.290 e. The third kappa shape index (κ3) is 3.47. The molecule has 0 radical (unpaired) electrons. The van der Waals surface area contributed by atoms with Gasteiger partial charge < -0.3 is 0 Å². The van der Waals surface area contributed by atoms with Crippen molar-refractivity contribution in [2.45, 2.75) is 6.54 Å². The number of hydrogen-bond donors (Lipinski definition) is 1. The fourth-order valence-electron chi connectivity index (χ4n) is 1.60. The molecule has 0 atom stereocenters. The van der Waals surface area contributed by atoms with Crippen LogP contribution in [0.25, 0.3) is 0 Å². The van der Waals surface area contributed by atoms with Crippen LogP contribution in [0.5, 0.6) is 0 Å². The third-order valence-electron chi connectivity index (χ3n) is 2.58. The maximum Gasteiger partial charge on any atom is 0.291 e. The molecule has 0 saturated carbocycles. The molecule has 1 heterocycles. The predicted octanol–water partition coefficient (Wildman–Crippen LogP) is 3.51. The summed E-state index contributed by atoms with van der Waals surface area (Å²) < 4.78 is 2.46. The molecule has 2 N–H and O–H groups in total. The van der Waals surface area contributed by atoms with Gasteiger partial charge in [-0.2, -0.15) is 0 Å². The summed E-state index contributed by atoms with van der Waals surface area (Å²) in [6.07, 6.45) is 1.58. The van der Waals surface area contributed by atoms with Crippen molar-refractivity contribution in [3.63, 3.8) is 0 Å². The third-order valence-corrected chi connectivity index (χ3v) is 3.62. The lowest BCUT2D eigenvalue weighted by molar-refractivity contribution is -0.668. The Hall–Kier alpha value is -1.10. The van der Waals surface area contributed by atoms with E-state index in [9.17, 15) is 4.79 Å². The summed E-state index contributed by atoms with van der Waals surface area (Å²) in [6, 6.07) is 8.65. The summed E-state index contributed by atoms with van der Waals surface area (Å²) in [5.41, 5.74) is 6.42. The number of carbonyl (C=O) groups excluding carboxylic acids is 1. The van der Waals surface area contributed by atoms with Crippen LogP contribution in [0.2, 0.25) is 10.0 Å². The van der Waals surface area contributed by atoms with E-state index in [4.69, 9.17) is 28.9 Å². The van der Waals surface area contributed by atoms with Crippen molar-refractivity contribution in [1.29, 1.82) is 0 Å². The van der Waals surface area contributed by atoms with Crippen LogP contribution in [-0.4, -0.2) is 5.78 Å². The lowest BCUT2D eigenvalue weighted by Crippen LogP contribution is -2.40. The van der Waals surface area contributed by atoms with Crippen LogP contribution < -0.4 is 10.3 Å². The first-order valence-electron chi connectivity index (χ1n) is 5.40. The standard InChI is InChI=1S/C13H9BrCl2N2O/c14-9-3-1-8(2-4-9)12(19)7-18-6-10(15)5-11(16)13(18)17/h1-6,17H,7H2/p+1. The monoisotopic (exact) mass is 359 g/mol. The number of ketones is 1. The van der Waals surface area contributed by atoms with E-state index in [1.165, 1.54) is 4.57 Å². The Morgan fingerprint density at radius 2 is 1.89 bits per heavy atom. The zero-order chi connectivity index (χ0) is 14.0. The lowest BCUT2D eigenvalue weighted by atomic mass is 10.1.